The average molecular weight is 507 g/mol. The molecule has 4 aromatic rings. The molecule has 0 unspecified atom stereocenters. The van der Waals surface area contributed by atoms with Crippen LogP contribution in [0.4, 0.5) is 0 Å². The monoisotopic (exact) mass is 506 g/mol. The minimum absolute atomic E-state index is 0.0108. The topological polar surface area (TPSA) is 50.6 Å². The summed E-state index contributed by atoms with van der Waals surface area (Å²) in [5, 5.41) is 4.91. The predicted octanol–water partition coefficient (Wildman–Crippen LogP) is 5.64. The van der Waals surface area contributed by atoms with Gasteiger partial charge in [0, 0.05) is 38.3 Å². The summed E-state index contributed by atoms with van der Waals surface area (Å²) in [5.74, 6) is 0.798. The molecule has 194 valence electrons. The van der Waals surface area contributed by atoms with E-state index in [0.29, 0.717) is 18.8 Å². The fourth-order valence-corrected chi connectivity index (χ4v) is 4.86. The molecule has 3 aromatic carbocycles. The molecule has 1 fully saturated rings. The van der Waals surface area contributed by atoms with E-state index >= 15 is 0 Å². The molecule has 2 heterocycles. The Morgan fingerprint density at radius 3 is 2.34 bits per heavy atom. The second-order valence-corrected chi connectivity index (χ2v) is 9.75. The first kappa shape index (κ1) is 25.5. The SMILES string of the molecule is COc1ccc(-c2cc(C(=O)N3CCN(C/C=C/c4ccccc4)CC3)n(-c3ccc(C)cc3C)n2)cc1. The molecule has 5 rings (SSSR count). The highest BCUT2D eigenvalue weighted by molar-refractivity contribution is 5.94. The Bertz CT molecular complexity index is 1420. The number of aromatic nitrogens is 2. The van der Waals surface area contributed by atoms with Crippen molar-refractivity contribution in [2.45, 2.75) is 13.8 Å². The molecular formula is C32H34N4O2. The number of hydrogen-bond donors (Lipinski definition) is 0. The van der Waals surface area contributed by atoms with E-state index < -0.39 is 0 Å². The van der Waals surface area contributed by atoms with Gasteiger partial charge in [-0.3, -0.25) is 9.69 Å². The van der Waals surface area contributed by atoms with Gasteiger partial charge in [-0.1, -0.05) is 60.2 Å². The van der Waals surface area contributed by atoms with Crippen LogP contribution in [-0.4, -0.2) is 65.3 Å². The summed E-state index contributed by atoms with van der Waals surface area (Å²) in [6.45, 7) is 8.07. The van der Waals surface area contributed by atoms with Crippen molar-refractivity contribution in [2.75, 3.05) is 39.8 Å². The molecule has 1 aliphatic heterocycles. The van der Waals surface area contributed by atoms with Gasteiger partial charge in [0.15, 0.2) is 0 Å². The standard InChI is InChI=1S/C32H34N4O2/c1-24-11-16-30(25(2)22-24)36-31(23-29(33-36)27-12-14-28(38-3)15-13-27)32(37)35-20-18-34(19-21-35)17-7-10-26-8-5-4-6-9-26/h4-16,22-23H,17-21H2,1-3H3/b10-7+. The number of benzene rings is 3. The lowest BCUT2D eigenvalue weighted by molar-refractivity contribution is 0.0641. The average Bonchev–Trinajstić information content (AvgIpc) is 3.39. The highest BCUT2D eigenvalue weighted by Crippen LogP contribution is 2.26. The molecule has 1 aliphatic rings. The molecule has 0 atom stereocenters. The molecule has 0 saturated carbocycles. The largest absolute Gasteiger partial charge is 0.497 e. The van der Waals surface area contributed by atoms with Crippen LogP contribution in [0.5, 0.6) is 5.75 Å². The molecule has 38 heavy (non-hydrogen) atoms. The van der Waals surface area contributed by atoms with Crippen molar-refractivity contribution in [2.24, 2.45) is 0 Å². The van der Waals surface area contributed by atoms with Crippen molar-refractivity contribution >= 4 is 12.0 Å². The summed E-state index contributed by atoms with van der Waals surface area (Å²) in [7, 11) is 1.65. The van der Waals surface area contributed by atoms with Gasteiger partial charge in [-0.05, 0) is 61.4 Å². The third kappa shape index (κ3) is 5.71. The lowest BCUT2D eigenvalue weighted by Crippen LogP contribution is -2.49. The van der Waals surface area contributed by atoms with E-state index in [0.717, 1.165) is 47.9 Å². The normalized spacial score (nSPS) is 14.2. The quantitative estimate of drug-likeness (QED) is 0.326. The number of rotatable bonds is 7. The molecule has 6 nitrogen and oxygen atoms in total. The van der Waals surface area contributed by atoms with Gasteiger partial charge in [0.2, 0.25) is 0 Å². The van der Waals surface area contributed by atoms with Gasteiger partial charge >= 0.3 is 0 Å². The number of hydrogen-bond acceptors (Lipinski definition) is 4. The zero-order valence-corrected chi connectivity index (χ0v) is 22.3. The first-order valence-corrected chi connectivity index (χ1v) is 13.1. The molecule has 0 spiro atoms. The lowest BCUT2D eigenvalue weighted by atomic mass is 10.1. The highest BCUT2D eigenvalue weighted by atomic mass is 16.5. The van der Waals surface area contributed by atoms with Crippen molar-refractivity contribution in [1.29, 1.82) is 0 Å². The van der Waals surface area contributed by atoms with E-state index in [2.05, 4.69) is 55.2 Å². The predicted molar refractivity (Wildman–Crippen MR) is 153 cm³/mol. The summed E-state index contributed by atoms with van der Waals surface area (Å²) in [6, 6.07) is 26.3. The van der Waals surface area contributed by atoms with Crippen LogP contribution in [-0.2, 0) is 0 Å². The number of piperazine rings is 1. The summed E-state index contributed by atoms with van der Waals surface area (Å²) in [4.78, 5) is 18.2. The van der Waals surface area contributed by atoms with Gasteiger partial charge < -0.3 is 9.64 Å². The Morgan fingerprint density at radius 1 is 0.921 bits per heavy atom. The number of aryl methyl sites for hydroxylation is 2. The van der Waals surface area contributed by atoms with Gasteiger partial charge in [-0.2, -0.15) is 5.10 Å². The number of methoxy groups -OCH3 is 1. The molecule has 0 radical (unpaired) electrons. The van der Waals surface area contributed by atoms with Gasteiger partial charge in [0.05, 0.1) is 18.5 Å². The zero-order valence-electron chi connectivity index (χ0n) is 22.3. The van der Waals surface area contributed by atoms with Crippen LogP contribution in [0.2, 0.25) is 0 Å². The van der Waals surface area contributed by atoms with Crippen LogP contribution in [0.15, 0.2) is 84.9 Å². The van der Waals surface area contributed by atoms with Crippen molar-refractivity contribution in [3.63, 3.8) is 0 Å². The van der Waals surface area contributed by atoms with Crippen LogP contribution in [0.25, 0.3) is 23.0 Å². The highest BCUT2D eigenvalue weighted by Gasteiger charge is 2.26. The van der Waals surface area contributed by atoms with Gasteiger partial charge in [0.25, 0.3) is 5.91 Å². The van der Waals surface area contributed by atoms with E-state index in [4.69, 9.17) is 9.84 Å². The molecule has 6 heteroatoms. The van der Waals surface area contributed by atoms with Crippen LogP contribution < -0.4 is 4.74 Å². The van der Waals surface area contributed by atoms with E-state index in [1.807, 2.05) is 64.2 Å². The maximum absolute atomic E-state index is 13.8. The maximum Gasteiger partial charge on any atom is 0.272 e. The van der Waals surface area contributed by atoms with E-state index in [1.54, 1.807) is 7.11 Å². The van der Waals surface area contributed by atoms with E-state index in [-0.39, 0.29) is 5.91 Å². The van der Waals surface area contributed by atoms with E-state index in [9.17, 15) is 4.79 Å². The number of ether oxygens (including phenoxy) is 1. The van der Waals surface area contributed by atoms with Crippen LogP contribution in [0.3, 0.4) is 0 Å². The first-order chi connectivity index (χ1) is 18.5. The molecular weight excluding hydrogens is 472 g/mol. The molecule has 0 N–H and O–H groups in total. The third-order valence-corrected chi connectivity index (χ3v) is 7.03. The van der Waals surface area contributed by atoms with Crippen molar-refractivity contribution in [1.82, 2.24) is 19.6 Å². The second-order valence-electron chi connectivity index (χ2n) is 9.75. The van der Waals surface area contributed by atoms with Gasteiger partial charge in [-0.15, -0.1) is 0 Å². The fourth-order valence-electron chi connectivity index (χ4n) is 4.86. The van der Waals surface area contributed by atoms with Gasteiger partial charge in [-0.25, -0.2) is 4.68 Å². The molecule has 0 bridgehead atoms. The second kappa shape index (κ2) is 11.5. The Hall–Kier alpha value is -4.16. The van der Waals surface area contributed by atoms with Crippen molar-refractivity contribution < 1.29 is 9.53 Å². The van der Waals surface area contributed by atoms with Crippen LogP contribution >= 0.6 is 0 Å². The lowest BCUT2D eigenvalue weighted by Gasteiger charge is -2.34. The van der Waals surface area contributed by atoms with E-state index in [1.165, 1.54) is 11.1 Å². The fraction of sp³-hybridized carbons (Fsp3) is 0.250. The minimum atomic E-state index is 0.0108. The molecule has 0 aliphatic carbocycles. The minimum Gasteiger partial charge on any atom is -0.497 e. The molecule has 1 saturated heterocycles. The Kier molecular flexibility index (Phi) is 7.70. The number of carbonyl (C=O) groups excluding carboxylic acids is 1. The number of nitrogens with zero attached hydrogens (tertiary/aromatic N) is 4. The van der Waals surface area contributed by atoms with Crippen LogP contribution in [0, 0.1) is 13.8 Å². The van der Waals surface area contributed by atoms with Crippen molar-refractivity contribution in [3.05, 3.63) is 107 Å². The summed E-state index contributed by atoms with van der Waals surface area (Å²) < 4.78 is 7.12. The van der Waals surface area contributed by atoms with Gasteiger partial charge in [0.1, 0.15) is 11.4 Å². The maximum atomic E-state index is 13.8. The third-order valence-electron chi connectivity index (χ3n) is 7.03. The zero-order chi connectivity index (χ0) is 26.5. The van der Waals surface area contributed by atoms with Crippen LogP contribution in [0.1, 0.15) is 27.2 Å². The Morgan fingerprint density at radius 2 is 1.66 bits per heavy atom. The molecule has 1 amide bonds. The molecule has 1 aromatic heterocycles. The Labute approximate surface area is 224 Å². The number of amides is 1. The Balaban J connectivity index is 1.35. The number of carbonyl (C=O) groups is 1. The van der Waals surface area contributed by atoms with Crippen molar-refractivity contribution in [3.8, 4) is 22.7 Å². The summed E-state index contributed by atoms with van der Waals surface area (Å²) in [5.41, 5.74) is 6.67. The smallest absolute Gasteiger partial charge is 0.272 e. The summed E-state index contributed by atoms with van der Waals surface area (Å²) in [6.07, 6.45) is 4.35. The first-order valence-electron chi connectivity index (χ1n) is 13.1. The summed E-state index contributed by atoms with van der Waals surface area (Å²) >= 11 is 0.